The standard InChI is InChI=1S/C20H19Cl2N3O3/c1-13-2-4-14(5-3-13)19-9-17(28-25-19)11-27-12-20(26)24-23-10-15-6-7-16(21)8-18(15)22/h2-8,10,17H,9,11-12H2,1H3,(H,24,26)/b23-10+. The highest BCUT2D eigenvalue weighted by atomic mass is 35.5. The number of amides is 1. The van der Waals surface area contributed by atoms with Gasteiger partial charge in [0.2, 0.25) is 0 Å². The minimum Gasteiger partial charge on any atom is -0.389 e. The van der Waals surface area contributed by atoms with Crippen LogP contribution in [-0.2, 0) is 14.4 Å². The molecule has 1 amide bonds. The summed E-state index contributed by atoms with van der Waals surface area (Å²) in [5.41, 5.74) is 6.12. The molecule has 0 aromatic heterocycles. The van der Waals surface area contributed by atoms with E-state index in [4.69, 9.17) is 32.8 Å². The van der Waals surface area contributed by atoms with Gasteiger partial charge in [0.05, 0.1) is 23.6 Å². The number of carbonyl (C=O) groups is 1. The van der Waals surface area contributed by atoms with Crippen LogP contribution in [0.25, 0.3) is 0 Å². The number of hydrazone groups is 1. The van der Waals surface area contributed by atoms with E-state index in [9.17, 15) is 4.79 Å². The fraction of sp³-hybridized carbons (Fsp3) is 0.250. The van der Waals surface area contributed by atoms with Gasteiger partial charge in [0.15, 0.2) is 6.10 Å². The van der Waals surface area contributed by atoms with Gasteiger partial charge in [-0.15, -0.1) is 0 Å². The minimum atomic E-state index is -0.376. The SMILES string of the molecule is Cc1ccc(C2=NOC(COCC(=O)N/N=C/c3ccc(Cl)cc3Cl)C2)cc1. The maximum atomic E-state index is 11.8. The van der Waals surface area contributed by atoms with E-state index >= 15 is 0 Å². The largest absolute Gasteiger partial charge is 0.389 e. The molecule has 6 nitrogen and oxygen atoms in total. The average molecular weight is 420 g/mol. The first-order valence-electron chi connectivity index (χ1n) is 8.65. The fourth-order valence-electron chi connectivity index (χ4n) is 2.53. The maximum Gasteiger partial charge on any atom is 0.266 e. The summed E-state index contributed by atoms with van der Waals surface area (Å²) in [5.74, 6) is -0.376. The van der Waals surface area contributed by atoms with Crippen LogP contribution in [0.3, 0.4) is 0 Å². The van der Waals surface area contributed by atoms with E-state index in [0.717, 1.165) is 11.3 Å². The van der Waals surface area contributed by atoms with Crippen LogP contribution in [0.4, 0.5) is 0 Å². The van der Waals surface area contributed by atoms with Gasteiger partial charge < -0.3 is 9.57 Å². The fourth-order valence-corrected chi connectivity index (χ4v) is 2.99. The highest BCUT2D eigenvalue weighted by molar-refractivity contribution is 6.36. The number of halogens is 2. The summed E-state index contributed by atoms with van der Waals surface area (Å²) in [4.78, 5) is 17.2. The normalized spacial score (nSPS) is 16.1. The molecule has 2 aromatic rings. The van der Waals surface area contributed by atoms with Crippen LogP contribution < -0.4 is 5.43 Å². The zero-order valence-electron chi connectivity index (χ0n) is 15.2. The second kappa shape index (κ2) is 9.68. The molecule has 0 aliphatic carbocycles. The Kier molecular flexibility index (Phi) is 7.03. The molecule has 0 saturated heterocycles. The molecule has 0 bridgehead atoms. The van der Waals surface area contributed by atoms with E-state index < -0.39 is 0 Å². The second-order valence-corrected chi connectivity index (χ2v) is 7.15. The lowest BCUT2D eigenvalue weighted by atomic mass is 10.0. The van der Waals surface area contributed by atoms with Crippen LogP contribution in [0.2, 0.25) is 10.0 Å². The van der Waals surface area contributed by atoms with Crippen LogP contribution in [0, 0.1) is 6.92 Å². The monoisotopic (exact) mass is 419 g/mol. The minimum absolute atomic E-state index is 0.134. The van der Waals surface area contributed by atoms with Crippen LogP contribution in [-0.4, -0.2) is 37.2 Å². The average Bonchev–Trinajstić information content (AvgIpc) is 3.13. The van der Waals surface area contributed by atoms with E-state index in [0.29, 0.717) is 22.0 Å². The molecule has 1 atom stereocenters. The Hall–Kier alpha value is -2.41. The summed E-state index contributed by atoms with van der Waals surface area (Å²) in [6.07, 6.45) is 1.87. The smallest absolute Gasteiger partial charge is 0.266 e. The van der Waals surface area contributed by atoms with Crippen LogP contribution >= 0.6 is 23.2 Å². The predicted octanol–water partition coefficient (Wildman–Crippen LogP) is 3.96. The van der Waals surface area contributed by atoms with E-state index in [-0.39, 0.29) is 25.2 Å². The van der Waals surface area contributed by atoms with E-state index in [1.54, 1.807) is 18.2 Å². The summed E-state index contributed by atoms with van der Waals surface area (Å²) < 4.78 is 5.40. The molecule has 3 rings (SSSR count). The Labute approximate surface area is 173 Å². The van der Waals surface area contributed by atoms with Crippen molar-refractivity contribution in [3.8, 4) is 0 Å². The van der Waals surface area contributed by atoms with E-state index in [2.05, 4.69) is 15.7 Å². The molecule has 0 fully saturated rings. The van der Waals surface area contributed by atoms with Crippen molar-refractivity contribution in [2.45, 2.75) is 19.4 Å². The third-order valence-electron chi connectivity index (χ3n) is 4.01. The molecule has 1 aliphatic heterocycles. The summed E-state index contributed by atoms with van der Waals surface area (Å²) in [6, 6.07) is 13.1. The number of hydrogen-bond acceptors (Lipinski definition) is 5. The zero-order valence-corrected chi connectivity index (χ0v) is 16.7. The molecule has 1 unspecified atom stereocenters. The number of aryl methyl sites for hydroxylation is 1. The molecule has 28 heavy (non-hydrogen) atoms. The van der Waals surface area contributed by atoms with Gasteiger partial charge in [-0.1, -0.05) is 64.3 Å². The molecule has 146 valence electrons. The van der Waals surface area contributed by atoms with Crippen molar-refractivity contribution in [2.75, 3.05) is 13.2 Å². The number of nitrogens with zero attached hydrogens (tertiary/aromatic N) is 2. The van der Waals surface area contributed by atoms with E-state index in [1.807, 2.05) is 31.2 Å². The summed E-state index contributed by atoms with van der Waals surface area (Å²) >= 11 is 11.9. The summed E-state index contributed by atoms with van der Waals surface area (Å²) in [7, 11) is 0. The molecule has 1 aliphatic rings. The van der Waals surface area contributed by atoms with Gasteiger partial charge in [0, 0.05) is 17.0 Å². The number of rotatable bonds is 7. The molecular formula is C20H19Cl2N3O3. The number of nitrogens with one attached hydrogen (secondary N) is 1. The maximum absolute atomic E-state index is 11.8. The van der Waals surface area contributed by atoms with Crippen molar-refractivity contribution in [1.82, 2.24) is 5.43 Å². The molecule has 1 heterocycles. The summed E-state index contributed by atoms with van der Waals surface area (Å²) in [5, 5.41) is 8.94. The Balaban J connectivity index is 1.37. The van der Waals surface area contributed by atoms with Crippen LogP contribution in [0.1, 0.15) is 23.1 Å². The zero-order chi connectivity index (χ0) is 19.9. The molecule has 8 heteroatoms. The number of hydrogen-bond donors (Lipinski definition) is 1. The van der Waals surface area contributed by atoms with Gasteiger partial charge in [0.25, 0.3) is 5.91 Å². The van der Waals surface area contributed by atoms with Gasteiger partial charge in [-0.2, -0.15) is 5.10 Å². The van der Waals surface area contributed by atoms with Gasteiger partial charge >= 0.3 is 0 Å². The quantitative estimate of drug-likeness (QED) is 0.545. The van der Waals surface area contributed by atoms with Crippen molar-refractivity contribution in [2.24, 2.45) is 10.3 Å². The van der Waals surface area contributed by atoms with E-state index in [1.165, 1.54) is 11.8 Å². The molecule has 0 saturated carbocycles. The van der Waals surface area contributed by atoms with Gasteiger partial charge in [-0.05, 0) is 24.6 Å². The third-order valence-corrected chi connectivity index (χ3v) is 4.57. The third kappa shape index (κ3) is 5.79. The molecule has 0 spiro atoms. The summed E-state index contributed by atoms with van der Waals surface area (Å²) in [6.45, 7) is 2.16. The highest BCUT2D eigenvalue weighted by Crippen LogP contribution is 2.19. The molecule has 0 radical (unpaired) electrons. The molecule has 1 N–H and O–H groups in total. The Bertz CT molecular complexity index is 898. The second-order valence-electron chi connectivity index (χ2n) is 6.31. The Morgan fingerprint density at radius 2 is 2.11 bits per heavy atom. The topological polar surface area (TPSA) is 72.3 Å². The number of ether oxygens (including phenoxy) is 1. The number of carbonyl (C=O) groups excluding carboxylic acids is 1. The van der Waals surface area contributed by atoms with Gasteiger partial charge in [0.1, 0.15) is 6.61 Å². The van der Waals surface area contributed by atoms with Gasteiger partial charge in [-0.3, -0.25) is 4.79 Å². The first-order chi connectivity index (χ1) is 13.5. The lowest BCUT2D eigenvalue weighted by Gasteiger charge is -2.08. The first-order valence-corrected chi connectivity index (χ1v) is 9.41. The van der Waals surface area contributed by atoms with Crippen molar-refractivity contribution in [3.05, 3.63) is 69.2 Å². The molecular weight excluding hydrogens is 401 g/mol. The first kappa shape index (κ1) is 20.3. The van der Waals surface area contributed by atoms with Crippen molar-refractivity contribution in [3.63, 3.8) is 0 Å². The van der Waals surface area contributed by atoms with Gasteiger partial charge in [-0.25, -0.2) is 5.43 Å². The number of oxime groups is 1. The molecule has 2 aromatic carbocycles. The lowest BCUT2D eigenvalue weighted by Crippen LogP contribution is -2.26. The Morgan fingerprint density at radius 3 is 2.86 bits per heavy atom. The van der Waals surface area contributed by atoms with Crippen molar-refractivity contribution < 1.29 is 14.4 Å². The Morgan fingerprint density at radius 1 is 1.32 bits per heavy atom. The van der Waals surface area contributed by atoms with Crippen molar-refractivity contribution in [1.29, 1.82) is 0 Å². The lowest BCUT2D eigenvalue weighted by molar-refractivity contribution is -0.127. The highest BCUT2D eigenvalue weighted by Gasteiger charge is 2.22. The van der Waals surface area contributed by atoms with Crippen molar-refractivity contribution >= 4 is 41.0 Å². The van der Waals surface area contributed by atoms with Crippen LogP contribution in [0.15, 0.2) is 52.7 Å². The predicted molar refractivity (Wildman–Crippen MR) is 110 cm³/mol. The number of benzene rings is 2. The van der Waals surface area contributed by atoms with Crippen LogP contribution in [0.5, 0.6) is 0 Å².